The third-order valence-electron chi connectivity index (χ3n) is 4.67. The molecule has 4 nitrogen and oxygen atoms in total. The van der Waals surface area contributed by atoms with Crippen molar-refractivity contribution < 1.29 is 26.3 Å². The first-order valence-electron chi connectivity index (χ1n) is 8.13. The minimum absolute atomic E-state index is 0. The number of fused-ring (bicyclic) bond motifs is 3. The zero-order valence-corrected chi connectivity index (χ0v) is 16.2. The summed E-state index contributed by atoms with van der Waals surface area (Å²) >= 11 is 0. The third-order valence-corrected chi connectivity index (χ3v) is 4.67. The molecule has 3 aromatic carbocycles. The largest absolute Gasteiger partial charge is 1.00 e. The van der Waals surface area contributed by atoms with Crippen LogP contribution in [0, 0.1) is 0 Å². The van der Waals surface area contributed by atoms with E-state index in [1.807, 2.05) is 36.4 Å². The second kappa shape index (κ2) is 6.84. The van der Waals surface area contributed by atoms with Crippen molar-refractivity contribution >= 4 is 33.1 Å². The molecule has 4 rings (SSSR count). The molecule has 4 aromatic rings. The van der Waals surface area contributed by atoms with Crippen molar-refractivity contribution in [3.8, 4) is 17.0 Å². The van der Waals surface area contributed by atoms with Crippen LogP contribution in [0.4, 0.5) is 11.4 Å². The summed E-state index contributed by atoms with van der Waals surface area (Å²) in [4.78, 5) is 0. The molecule has 132 valence electrons. The molecule has 0 unspecified atom stereocenters. The van der Waals surface area contributed by atoms with E-state index in [0.29, 0.717) is 0 Å². The van der Waals surface area contributed by atoms with Crippen molar-refractivity contribution in [3.05, 3.63) is 60.7 Å². The summed E-state index contributed by atoms with van der Waals surface area (Å²) in [5, 5.41) is 3.43. The fourth-order valence-electron chi connectivity index (χ4n) is 3.45. The van der Waals surface area contributed by atoms with Crippen LogP contribution in [0.2, 0.25) is 0 Å². The standard InChI is InChI=1S/C21H19N3O.BrH/c1-24-20-12-15(23)6-10-18(20)17-9-5-14(22)11-19(17)21(24)13-3-7-16(25-2)8-4-13;/h3-12,23H,22H2,1-2H3;1H. The smallest absolute Gasteiger partial charge is 0.220 e. The van der Waals surface area contributed by atoms with E-state index in [0.717, 1.165) is 50.1 Å². The monoisotopic (exact) mass is 409 g/mol. The first kappa shape index (κ1) is 18.0. The molecule has 0 aliphatic carbocycles. The van der Waals surface area contributed by atoms with Crippen LogP contribution in [0.5, 0.6) is 5.75 Å². The van der Waals surface area contributed by atoms with Crippen molar-refractivity contribution in [2.75, 3.05) is 18.6 Å². The van der Waals surface area contributed by atoms with Crippen molar-refractivity contribution in [3.63, 3.8) is 0 Å². The predicted octanol–water partition coefficient (Wildman–Crippen LogP) is 0.661. The Morgan fingerprint density at radius 3 is 2.04 bits per heavy atom. The highest BCUT2D eigenvalue weighted by Gasteiger charge is 2.21. The number of aryl methyl sites for hydroxylation is 1. The van der Waals surface area contributed by atoms with Gasteiger partial charge in [0, 0.05) is 28.4 Å². The Morgan fingerprint density at radius 1 is 0.769 bits per heavy atom. The third kappa shape index (κ3) is 2.84. The summed E-state index contributed by atoms with van der Waals surface area (Å²) in [6, 6.07) is 20.1. The van der Waals surface area contributed by atoms with Crippen molar-refractivity contribution in [2.45, 2.75) is 0 Å². The number of nitrogens with two attached hydrogens (primary N) is 2. The van der Waals surface area contributed by atoms with Gasteiger partial charge in [0.2, 0.25) is 11.2 Å². The fourth-order valence-corrected chi connectivity index (χ4v) is 3.45. The highest BCUT2D eigenvalue weighted by Crippen LogP contribution is 2.33. The van der Waals surface area contributed by atoms with E-state index < -0.39 is 0 Å². The van der Waals surface area contributed by atoms with Gasteiger partial charge in [-0.3, -0.25) is 0 Å². The van der Waals surface area contributed by atoms with Crippen LogP contribution >= 0.6 is 0 Å². The quantitative estimate of drug-likeness (QED) is 0.290. The van der Waals surface area contributed by atoms with E-state index in [1.165, 1.54) is 0 Å². The number of nitrogen functional groups attached to an aromatic ring is 2. The SMILES string of the molecule is COc1ccc(-c2c3cc(N)ccc3c3ccc(N)cc3[n+]2C)cc1.[Br-]. The van der Waals surface area contributed by atoms with Gasteiger partial charge in [0.05, 0.1) is 17.9 Å². The number of rotatable bonds is 2. The Kier molecular flexibility index (Phi) is 4.74. The lowest BCUT2D eigenvalue weighted by atomic mass is 9.98. The van der Waals surface area contributed by atoms with E-state index in [9.17, 15) is 0 Å². The summed E-state index contributed by atoms with van der Waals surface area (Å²) < 4.78 is 7.46. The number of pyridine rings is 1. The highest BCUT2D eigenvalue weighted by molar-refractivity contribution is 6.10. The molecule has 5 heteroatoms. The minimum atomic E-state index is 0. The topological polar surface area (TPSA) is 65.1 Å². The summed E-state index contributed by atoms with van der Waals surface area (Å²) in [7, 11) is 3.73. The van der Waals surface area contributed by atoms with Crippen LogP contribution < -0.4 is 37.8 Å². The molecule has 0 radical (unpaired) electrons. The molecule has 1 heterocycles. The lowest BCUT2D eigenvalue weighted by Gasteiger charge is -2.11. The van der Waals surface area contributed by atoms with Crippen LogP contribution in [0.25, 0.3) is 32.9 Å². The minimum Gasteiger partial charge on any atom is -1.00 e. The number of nitrogens with zero attached hydrogens (tertiary/aromatic N) is 1. The number of hydrogen-bond donors (Lipinski definition) is 2. The van der Waals surface area contributed by atoms with Gasteiger partial charge in [0.15, 0.2) is 0 Å². The maximum absolute atomic E-state index is 6.09. The normalized spacial score (nSPS) is 10.7. The summed E-state index contributed by atoms with van der Waals surface area (Å²) in [6.45, 7) is 0. The summed E-state index contributed by atoms with van der Waals surface area (Å²) in [5.74, 6) is 0.834. The zero-order valence-electron chi connectivity index (χ0n) is 14.7. The first-order chi connectivity index (χ1) is 12.1. The summed E-state index contributed by atoms with van der Waals surface area (Å²) in [6.07, 6.45) is 0. The molecule has 0 fully saturated rings. The molecule has 0 aliphatic rings. The Hall–Kier alpha value is -2.79. The van der Waals surface area contributed by atoms with Crippen LogP contribution in [0.3, 0.4) is 0 Å². The van der Waals surface area contributed by atoms with E-state index >= 15 is 0 Å². The molecular weight excluding hydrogens is 390 g/mol. The van der Waals surface area contributed by atoms with Gasteiger partial charge in [-0.05, 0) is 48.5 Å². The molecule has 0 saturated carbocycles. The Morgan fingerprint density at radius 2 is 1.38 bits per heavy atom. The molecule has 4 N–H and O–H groups in total. The number of halogens is 1. The summed E-state index contributed by atoms with van der Waals surface area (Å²) in [5.41, 5.74) is 16.9. The molecule has 0 bridgehead atoms. The van der Waals surface area contributed by atoms with Crippen molar-refractivity contribution in [2.24, 2.45) is 7.05 Å². The van der Waals surface area contributed by atoms with E-state index in [-0.39, 0.29) is 17.0 Å². The van der Waals surface area contributed by atoms with Gasteiger partial charge in [-0.15, -0.1) is 0 Å². The van der Waals surface area contributed by atoms with Gasteiger partial charge in [-0.1, -0.05) is 6.07 Å². The maximum Gasteiger partial charge on any atom is 0.220 e. The van der Waals surface area contributed by atoms with Gasteiger partial charge in [-0.25, -0.2) is 0 Å². The molecule has 26 heavy (non-hydrogen) atoms. The van der Waals surface area contributed by atoms with E-state index in [1.54, 1.807) is 7.11 Å². The number of methoxy groups -OCH3 is 1. The van der Waals surface area contributed by atoms with Gasteiger partial charge >= 0.3 is 0 Å². The van der Waals surface area contributed by atoms with Crippen LogP contribution in [0.15, 0.2) is 60.7 Å². The van der Waals surface area contributed by atoms with Crippen molar-refractivity contribution in [1.82, 2.24) is 0 Å². The second-order valence-corrected chi connectivity index (χ2v) is 6.22. The number of hydrogen-bond acceptors (Lipinski definition) is 3. The van der Waals surface area contributed by atoms with E-state index in [2.05, 4.69) is 35.9 Å². The van der Waals surface area contributed by atoms with Gasteiger partial charge in [-0.2, -0.15) is 4.57 Å². The molecule has 0 saturated heterocycles. The fraction of sp³-hybridized carbons (Fsp3) is 0.0952. The molecular formula is C21H20BrN3O. The first-order valence-corrected chi connectivity index (χ1v) is 8.13. The predicted molar refractivity (Wildman–Crippen MR) is 103 cm³/mol. The second-order valence-electron chi connectivity index (χ2n) is 6.22. The van der Waals surface area contributed by atoms with Gasteiger partial charge in [0.1, 0.15) is 12.8 Å². The lowest BCUT2D eigenvalue weighted by Crippen LogP contribution is -3.00. The van der Waals surface area contributed by atoms with Gasteiger partial charge < -0.3 is 33.2 Å². The molecule has 0 atom stereocenters. The maximum atomic E-state index is 6.09. The van der Waals surface area contributed by atoms with E-state index in [4.69, 9.17) is 16.2 Å². The Balaban J connectivity index is 0.00000196. The number of ether oxygens (including phenoxy) is 1. The molecule has 0 amide bonds. The van der Waals surface area contributed by atoms with Crippen LogP contribution in [0.1, 0.15) is 0 Å². The lowest BCUT2D eigenvalue weighted by molar-refractivity contribution is -0.632. The average Bonchev–Trinajstić information content (AvgIpc) is 2.62. The molecule has 0 spiro atoms. The number of benzene rings is 3. The van der Waals surface area contributed by atoms with Crippen LogP contribution in [-0.2, 0) is 7.05 Å². The van der Waals surface area contributed by atoms with Gasteiger partial charge in [0.25, 0.3) is 0 Å². The Bertz CT molecular complexity index is 1110. The average molecular weight is 410 g/mol. The zero-order chi connectivity index (χ0) is 17.6. The number of anilines is 2. The van der Waals surface area contributed by atoms with Crippen molar-refractivity contribution in [1.29, 1.82) is 0 Å². The number of aromatic nitrogens is 1. The highest BCUT2D eigenvalue weighted by atomic mass is 79.9. The Labute approximate surface area is 162 Å². The molecule has 1 aromatic heterocycles. The molecule has 0 aliphatic heterocycles. The van der Waals surface area contributed by atoms with Crippen LogP contribution in [-0.4, -0.2) is 7.11 Å².